The van der Waals surface area contributed by atoms with Gasteiger partial charge in [0, 0.05) is 23.8 Å². The molecule has 0 aliphatic carbocycles. The summed E-state index contributed by atoms with van der Waals surface area (Å²) in [7, 11) is 1.40. The van der Waals surface area contributed by atoms with E-state index in [-0.39, 0.29) is 5.97 Å². The van der Waals surface area contributed by atoms with Crippen LogP contribution in [-0.2, 0) is 11.2 Å². The normalized spacial score (nSPS) is 10.7. The molecule has 2 aromatic carbocycles. The zero-order valence-electron chi connectivity index (χ0n) is 13.3. The number of ether oxygens (including phenoxy) is 1. The fraction of sp³-hybridized carbons (Fsp3) is 0.211. The molecule has 0 saturated carbocycles. The van der Waals surface area contributed by atoms with Crippen LogP contribution in [0.15, 0.2) is 48.7 Å². The SMILES string of the molecule is COC(=O)c1cccc2c(CCNc3ccc(C)cc3)c[nH]c12. The molecule has 0 atom stereocenters. The van der Waals surface area contributed by atoms with Crippen LogP contribution in [0.4, 0.5) is 5.69 Å². The van der Waals surface area contributed by atoms with Crippen molar-refractivity contribution < 1.29 is 9.53 Å². The number of aryl methyl sites for hydroxylation is 1. The number of esters is 1. The fourth-order valence-electron chi connectivity index (χ4n) is 2.71. The van der Waals surface area contributed by atoms with Gasteiger partial charge in [-0.1, -0.05) is 29.8 Å². The molecule has 0 bridgehead atoms. The van der Waals surface area contributed by atoms with E-state index < -0.39 is 0 Å². The molecule has 3 rings (SSSR count). The van der Waals surface area contributed by atoms with E-state index in [2.05, 4.69) is 41.5 Å². The highest BCUT2D eigenvalue weighted by Gasteiger charge is 2.13. The van der Waals surface area contributed by atoms with Crippen LogP contribution in [0, 0.1) is 6.92 Å². The number of H-pyrrole nitrogens is 1. The highest BCUT2D eigenvalue weighted by atomic mass is 16.5. The van der Waals surface area contributed by atoms with Crippen molar-refractivity contribution in [1.82, 2.24) is 4.98 Å². The van der Waals surface area contributed by atoms with Gasteiger partial charge in [0.1, 0.15) is 0 Å². The highest BCUT2D eigenvalue weighted by molar-refractivity contribution is 6.03. The van der Waals surface area contributed by atoms with Gasteiger partial charge in [-0.2, -0.15) is 0 Å². The van der Waals surface area contributed by atoms with Gasteiger partial charge in [-0.3, -0.25) is 0 Å². The van der Waals surface area contributed by atoms with Gasteiger partial charge in [-0.05, 0) is 37.1 Å². The van der Waals surface area contributed by atoms with E-state index in [1.54, 1.807) is 6.07 Å². The Morgan fingerprint density at radius 3 is 2.70 bits per heavy atom. The van der Waals surface area contributed by atoms with Crippen LogP contribution in [0.25, 0.3) is 10.9 Å². The molecule has 1 aromatic heterocycles. The third kappa shape index (κ3) is 3.21. The lowest BCUT2D eigenvalue weighted by Crippen LogP contribution is -2.04. The summed E-state index contributed by atoms with van der Waals surface area (Å²) in [5.74, 6) is -0.318. The first-order valence-electron chi connectivity index (χ1n) is 7.67. The number of para-hydroxylation sites is 1. The van der Waals surface area contributed by atoms with Gasteiger partial charge in [-0.15, -0.1) is 0 Å². The van der Waals surface area contributed by atoms with Crippen molar-refractivity contribution in [2.45, 2.75) is 13.3 Å². The number of nitrogens with one attached hydrogen (secondary N) is 2. The van der Waals surface area contributed by atoms with E-state index in [1.165, 1.54) is 18.2 Å². The van der Waals surface area contributed by atoms with Gasteiger partial charge in [0.25, 0.3) is 0 Å². The molecule has 0 unspecified atom stereocenters. The first-order chi connectivity index (χ1) is 11.2. The molecule has 118 valence electrons. The predicted octanol–water partition coefficient (Wildman–Crippen LogP) is 3.92. The number of fused-ring (bicyclic) bond motifs is 1. The third-order valence-corrected chi connectivity index (χ3v) is 3.98. The van der Waals surface area contributed by atoms with Crippen LogP contribution >= 0.6 is 0 Å². The summed E-state index contributed by atoms with van der Waals surface area (Å²) in [6.07, 6.45) is 2.84. The summed E-state index contributed by atoms with van der Waals surface area (Å²) in [6, 6.07) is 14.0. The number of carbonyl (C=O) groups is 1. The molecule has 3 aromatic rings. The second-order valence-electron chi connectivity index (χ2n) is 5.58. The van der Waals surface area contributed by atoms with E-state index >= 15 is 0 Å². The number of benzene rings is 2. The van der Waals surface area contributed by atoms with Crippen LogP contribution < -0.4 is 5.32 Å². The van der Waals surface area contributed by atoms with Gasteiger partial charge in [0.15, 0.2) is 0 Å². The van der Waals surface area contributed by atoms with Crippen LogP contribution in [0.1, 0.15) is 21.5 Å². The van der Waals surface area contributed by atoms with Crippen molar-refractivity contribution in [3.8, 4) is 0 Å². The number of methoxy groups -OCH3 is 1. The second kappa shape index (κ2) is 6.57. The van der Waals surface area contributed by atoms with Crippen LogP contribution in [-0.4, -0.2) is 24.6 Å². The average Bonchev–Trinajstić information content (AvgIpc) is 2.99. The van der Waals surface area contributed by atoms with E-state index in [1.807, 2.05) is 18.3 Å². The molecule has 0 spiro atoms. The summed E-state index contributed by atoms with van der Waals surface area (Å²) in [5, 5.41) is 4.49. The zero-order chi connectivity index (χ0) is 16.2. The van der Waals surface area contributed by atoms with Gasteiger partial charge >= 0.3 is 5.97 Å². The number of aromatic nitrogens is 1. The topological polar surface area (TPSA) is 54.1 Å². The first kappa shape index (κ1) is 15.2. The molecular formula is C19H20N2O2. The molecule has 0 amide bonds. The number of aromatic amines is 1. The maximum atomic E-state index is 11.8. The fourth-order valence-corrected chi connectivity index (χ4v) is 2.71. The molecule has 0 fully saturated rings. The summed E-state index contributed by atoms with van der Waals surface area (Å²) >= 11 is 0. The Kier molecular flexibility index (Phi) is 4.33. The van der Waals surface area contributed by atoms with E-state index in [9.17, 15) is 4.79 Å². The minimum atomic E-state index is -0.318. The molecule has 2 N–H and O–H groups in total. The monoisotopic (exact) mass is 308 g/mol. The number of hydrogen-bond acceptors (Lipinski definition) is 3. The zero-order valence-corrected chi connectivity index (χ0v) is 13.3. The van der Waals surface area contributed by atoms with Gasteiger partial charge in [0.2, 0.25) is 0 Å². The third-order valence-electron chi connectivity index (χ3n) is 3.98. The minimum absolute atomic E-state index is 0.318. The van der Waals surface area contributed by atoms with Crippen molar-refractivity contribution in [2.75, 3.05) is 19.0 Å². The van der Waals surface area contributed by atoms with E-state index in [0.29, 0.717) is 5.56 Å². The quantitative estimate of drug-likeness (QED) is 0.702. The van der Waals surface area contributed by atoms with Crippen molar-refractivity contribution >= 4 is 22.6 Å². The number of hydrogen-bond donors (Lipinski definition) is 2. The Bertz CT molecular complexity index is 819. The number of rotatable bonds is 5. The van der Waals surface area contributed by atoms with Crippen LogP contribution in [0.5, 0.6) is 0 Å². The summed E-state index contributed by atoms with van der Waals surface area (Å²) in [5.41, 5.74) is 4.96. The maximum absolute atomic E-state index is 11.8. The lowest BCUT2D eigenvalue weighted by molar-refractivity contribution is 0.0603. The largest absolute Gasteiger partial charge is 0.465 e. The molecule has 23 heavy (non-hydrogen) atoms. The maximum Gasteiger partial charge on any atom is 0.339 e. The molecule has 0 aliphatic heterocycles. The molecule has 1 heterocycles. The number of anilines is 1. The van der Waals surface area contributed by atoms with Crippen molar-refractivity contribution in [1.29, 1.82) is 0 Å². The molecule has 4 nitrogen and oxygen atoms in total. The molecule has 0 aliphatic rings. The predicted molar refractivity (Wildman–Crippen MR) is 93.0 cm³/mol. The Hall–Kier alpha value is -2.75. The van der Waals surface area contributed by atoms with Crippen molar-refractivity contribution in [2.24, 2.45) is 0 Å². The molecule has 0 saturated heterocycles. The average molecular weight is 308 g/mol. The smallest absolute Gasteiger partial charge is 0.339 e. The summed E-state index contributed by atoms with van der Waals surface area (Å²) in [4.78, 5) is 15.0. The number of carbonyl (C=O) groups excluding carboxylic acids is 1. The second-order valence-corrected chi connectivity index (χ2v) is 5.58. The van der Waals surface area contributed by atoms with E-state index in [4.69, 9.17) is 4.74 Å². The van der Waals surface area contributed by atoms with E-state index in [0.717, 1.165) is 29.6 Å². The van der Waals surface area contributed by atoms with Crippen LogP contribution in [0.2, 0.25) is 0 Å². The van der Waals surface area contributed by atoms with Crippen molar-refractivity contribution in [3.05, 3.63) is 65.4 Å². The van der Waals surface area contributed by atoms with Crippen molar-refractivity contribution in [3.63, 3.8) is 0 Å². The Morgan fingerprint density at radius 1 is 1.17 bits per heavy atom. The Balaban J connectivity index is 1.73. The standard InChI is InChI=1S/C19H20N2O2/c1-13-6-8-15(9-7-13)20-11-10-14-12-21-18-16(14)4-3-5-17(18)19(22)23-2/h3-9,12,20-21H,10-11H2,1-2H3. The highest BCUT2D eigenvalue weighted by Crippen LogP contribution is 2.23. The molecular weight excluding hydrogens is 288 g/mol. The van der Waals surface area contributed by atoms with Gasteiger partial charge < -0.3 is 15.0 Å². The van der Waals surface area contributed by atoms with Gasteiger partial charge in [-0.25, -0.2) is 4.79 Å². The van der Waals surface area contributed by atoms with Gasteiger partial charge in [0.05, 0.1) is 18.2 Å². The first-order valence-corrected chi connectivity index (χ1v) is 7.67. The van der Waals surface area contributed by atoms with Crippen LogP contribution in [0.3, 0.4) is 0 Å². The lowest BCUT2D eigenvalue weighted by atomic mass is 10.1. The Morgan fingerprint density at radius 2 is 1.96 bits per heavy atom. The molecule has 4 heteroatoms. The Labute approximate surface area is 135 Å². The lowest BCUT2D eigenvalue weighted by Gasteiger charge is -2.06. The summed E-state index contributed by atoms with van der Waals surface area (Å²) < 4.78 is 4.83. The minimum Gasteiger partial charge on any atom is -0.465 e. The summed E-state index contributed by atoms with van der Waals surface area (Å²) in [6.45, 7) is 2.91. The molecule has 0 radical (unpaired) electrons.